The van der Waals surface area contributed by atoms with E-state index in [4.69, 9.17) is 35.2 Å². The summed E-state index contributed by atoms with van der Waals surface area (Å²) in [4.78, 5) is 16.7. The van der Waals surface area contributed by atoms with Gasteiger partial charge in [0.2, 0.25) is 5.88 Å². The topological polar surface area (TPSA) is 155 Å². The fourth-order valence-corrected chi connectivity index (χ4v) is 11.7. The zero-order chi connectivity index (χ0) is 33.2. The van der Waals surface area contributed by atoms with Crippen molar-refractivity contribution < 1.29 is 14.4 Å². The maximum atomic E-state index is 11.3. The summed E-state index contributed by atoms with van der Waals surface area (Å²) in [6.45, 7) is 6.24. The zero-order valence-corrected chi connectivity index (χ0v) is 29.1. The van der Waals surface area contributed by atoms with Gasteiger partial charge in [-0.3, -0.25) is 4.90 Å². The third kappa shape index (κ3) is 4.26. The van der Waals surface area contributed by atoms with E-state index in [2.05, 4.69) is 27.5 Å². The first-order chi connectivity index (χ1) is 23.8. The Morgan fingerprint density at radius 2 is 1.94 bits per heavy atom. The number of aliphatic hydroxyl groups is 1. The molecule has 3 fully saturated rings. The van der Waals surface area contributed by atoms with Crippen LogP contribution >= 0.6 is 11.3 Å². The smallest absolute Gasteiger partial charge is 0.246 e. The van der Waals surface area contributed by atoms with Crippen LogP contribution in [-0.2, 0) is 18.3 Å². The van der Waals surface area contributed by atoms with Crippen LogP contribution in [0.15, 0.2) is 4.52 Å². The van der Waals surface area contributed by atoms with Crippen LogP contribution in [0.4, 0.5) is 10.8 Å². The van der Waals surface area contributed by atoms with Gasteiger partial charge in [0.1, 0.15) is 28.9 Å². The number of hydrogen-bond donors (Lipinski definition) is 2. The molecule has 4 aliphatic heterocycles. The first kappa shape index (κ1) is 30.1. The number of nitrogens with two attached hydrogens (primary N) is 1. The summed E-state index contributed by atoms with van der Waals surface area (Å²) >= 11 is 1.55. The molecule has 0 aromatic carbocycles. The summed E-state index contributed by atoms with van der Waals surface area (Å²) in [6, 6.07) is 3.62. The van der Waals surface area contributed by atoms with E-state index in [1.165, 1.54) is 24.1 Å². The van der Waals surface area contributed by atoms with Crippen molar-refractivity contribution in [3.63, 3.8) is 0 Å². The Bertz CT molecular complexity index is 2040. The second-order valence-corrected chi connectivity index (χ2v) is 16.9. The number of thiophene rings is 1. The van der Waals surface area contributed by atoms with Crippen LogP contribution < -0.4 is 15.4 Å². The lowest BCUT2D eigenvalue weighted by molar-refractivity contribution is 0.0321. The zero-order valence-electron chi connectivity index (χ0n) is 28.2. The van der Waals surface area contributed by atoms with Gasteiger partial charge in [-0.25, -0.2) is 14.6 Å². The van der Waals surface area contributed by atoms with Gasteiger partial charge in [-0.15, -0.1) is 16.4 Å². The summed E-state index contributed by atoms with van der Waals surface area (Å²) in [7, 11) is 0. The summed E-state index contributed by atoms with van der Waals surface area (Å²) in [5.41, 5.74) is 9.23. The lowest BCUT2D eigenvalue weighted by Gasteiger charge is -2.42. The average Bonchev–Trinajstić information content (AvgIpc) is 3.90. The molecule has 3 saturated heterocycles. The Morgan fingerprint density at radius 1 is 1.08 bits per heavy atom. The molecule has 0 radical (unpaired) electrons. The fourth-order valence-electron chi connectivity index (χ4n) is 10.5. The normalized spacial score (nSPS) is 31.1. The number of ether oxygens (including phenoxy) is 1. The van der Waals surface area contributed by atoms with E-state index in [-0.39, 0.29) is 12.1 Å². The number of rotatable bonds is 3. The number of nitriles is 1. The highest BCUT2D eigenvalue weighted by atomic mass is 32.1. The maximum absolute atomic E-state index is 11.3. The van der Waals surface area contributed by atoms with E-state index in [1.54, 1.807) is 11.3 Å². The molecule has 256 valence electrons. The Kier molecular flexibility index (Phi) is 6.54. The number of nitrogen functional groups attached to an aromatic ring is 1. The lowest BCUT2D eigenvalue weighted by Crippen LogP contribution is -2.53. The Hall–Kier alpha value is -3.73. The van der Waals surface area contributed by atoms with Gasteiger partial charge < -0.3 is 25.0 Å². The second kappa shape index (κ2) is 10.6. The van der Waals surface area contributed by atoms with Gasteiger partial charge >= 0.3 is 0 Å². The molecule has 13 heteroatoms. The Labute approximate surface area is 289 Å². The first-order valence-electron chi connectivity index (χ1n) is 18.3. The SMILES string of the molecule is CC(C1CCC2CCCN21)n1nc2c3c(nc(-c4noc5c4CCCC54CCCc5sc(N)c(C#N)c54)nc31)N1CC(C)(O)CCC1CO2. The monoisotopic (exact) mass is 681 g/mol. The molecule has 3 N–H and O–H groups in total. The van der Waals surface area contributed by atoms with Gasteiger partial charge in [-0.1, -0.05) is 5.16 Å². The van der Waals surface area contributed by atoms with E-state index in [1.807, 2.05) is 6.92 Å². The summed E-state index contributed by atoms with van der Waals surface area (Å²) in [5, 5.41) is 32.8. The van der Waals surface area contributed by atoms with E-state index < -0.39 is 11.0 Å². The third-order valence-electron chi connectivity index (χ3n) is 12.8. The molecule has 6 unspecified atom stereocenters. The van der Waals surface area contributed by atoms with E-state index in [0.29, 0.717) is 59.6 Å². The molecule has 0 amide bonds. The summed E-state index contributed by atoms with van der Waals surface area (Å²) in [5.74, 6) is 2.68. The van der Waals surface area contributed by atoms with E-state index in [9.17, 15) is 10.4 Å². The predicted octanol–water partition coefficient (Wildman–Crippen LogP) is 5.26. The number of aromatic nitrogens is 5. The van der Waals surface area contributed by atoms with Gasteiger partial charge in [-0.05, 0) is 103 Å². The van der Waals surface area contributed by atoms with Crippen molar-refractivity contribution in [2.24, 2.45) is 0 Å². The average molecular weight is 682 g/mol. The Balaban J connectivity index is 1.16. The second-order valence-electron chi connectivity index (χ2n) is 15.7. The van der Waals surface area contributed by atoms with Crippen molar-refractivity contribution in [1.82, 2.24) is 29.8 Å². The molecule has 0 bridgehead atoms. The van der Waals surface area contributed by atoms with Crippen molar-refractivity contribution in [3.05, 3.63) is 27.3 Å². The van der Waals surface area contributed by atoms with Crippen LogP contribution in [0.2, 0.25) is 0 Å². The highest BCUT2D eigenvalue weighted by Crippen LogP contribution is 2.55. The minimum atomic E-state index is -0.852. The molecule has 4 aromatic heterocycles. The van der Waals surface area contributed by atoms with Gasteiger partial charge in [-0.2, -0.15) is 5.26 Å². The standard InChI is InChI=1S/C36H43N9O3S/c1-19(24-10-9-20-6-5-15-43(20)24)45-33-26-32(44-18-35(2,46)14-11-21(44)17-47-34(26)41-45)39-31(40-33)28-22-7-3-12-36(29(22)48-42-28)13-4-8-25-27(36)23(16-37)30(38)49-25/h19-21,24,46H,3-15,17-18,38H2,1-2H3. The van der Waals surface area contributed by atoms with Crippen LogP contribution in [-0.4, -0.2) is 78.3 Å². The van der Waals surface area contributed by atoms with Crippen LogP contribution in [0.25, 0.3) is 22.6 Å². The highest BCUT2D eigenvalue weighted by Gasteiger charge is 2.49. The molecule has 10 rings (SSSR count). The van der Waals surface area contributed by atoms with Gasteiger partial charge in [0.05, 0.1) is 28.7 Å². The van der Waals surface area contributed by atoms with Gasteiger partial charge in [0.25, 0.3) is 0 Å². The lowest BCUT2D eigenvalue weighted by atomic mass is 9.63. The Morgan fingerprint density at radius 3 is 2.80 bits per heavy atom. The van der Waals surface area contributed by atoms with E-state index >= 15 is 0 Å². The summed E-state index contributed by atoms with van der Waals surface area (Å²) in [6.07, 6.45) is 11.9. The number of piperidine rings is 1. The van der Waals surface area contributed by atoms with Crippen LogP contribution in [0.1, 0.15) is 111 Å². The van der Waals surface area contributed by atoms with Gasteiger partial charge in [0, 0.05) is 29.1 Å². The van der Waals surface area contributed by atoms with Crippen molar-refractivity contribution >= 4 is 33.2 Å². The number of anilines is 2. The molecular formula is C36H43N9O3S. The molecule has 12 nitrogen and oxygen atoms in total. The van der Waals surface area contributed by atoms with Gasteiger partial charge in [0.15, 0.2) is 22.9 Å². The molecular weight excluding hydrogens is 639 g/mol. The predicted molar refractivity (Wildman–Crippen MR) is 185 cm³/mol. The van der Waals surface area contributed by atoms with Crippen LogP contribution in [0.3, 0.4) is 0 Å². The maximum Gasteiger partial charge on any atom is 0.246 e. The molecule has 1 spiro atoms. The fraction of sp³-hybridized carbons (Fsp3) is 0.639. The van der Waals surface area contributed by atoms with Crippen molar-refractivity contribution in [2.45, 2.75) is 126 Å². The molecule has 49 heavy (non-hydrogen) atoms. The molecule has 6 atom stereocenters. The first-order valence-corrected chi connectivity index (χ1v) is 19.1. The van der Waals surface area contributed by atoms with Crippen molar-refractivity contribution in [2.75, 3.05) is 30.3 Å². The molecule has 2 aliphatic carbocycles. The molecule has 0 saturated carbocycles. The number of nitrogens with zero attached hydrogens (tertiary/aromatic N) is 8. The minimum absolute atomic E-state index is 0.0649. The molecule has 6 aliphatic rings. The third-order valence-corrected chi connectivity index (χ3v) is 13.9. The van der Waals surface area contributed by atoms with Crippen LogP contribution in [0, 0.1) is 11.3 Å². The van der Waals surface area contributed by atoms with Crippen molar-refractivity contribution in [1.29, 1.82) is 5.26 Å². The molecule has 8 heterocycles. The highest BCUT2D eigenvalue weighted by molar-refractivity contribution is 7.16. The van der Waals surface area contributed by atoms with Crippen LogP contribution in [0.5, 0.6) is 5.88 Å². The summed E-state index contributed by atoms with van der Waals surface area (Å²) < 4.78 is 15.0. The van der Waals surface area contributed by atoms with Crippen molar-refractivity contribution in [3.8, 4) is 23.5 Å². The largest absolute Gasteiger partial charge is 0.474 e. The number of aryl methyl sites for hydroxylation is 1. The van der Waals surface area contributed by atoms with E-state index in [0.717, 1.165) is 91.6 Å². The molecule has 4 aromatic rings. The quantitative estimate of drug-likeness (QED) is 0.291. The number of fused-ring (bicyclic) bond motifs is 7. The number of hydrogen-bond acceptors (Lipinski definition) is 12. The minimum Gasteiger partial charge on any atom is -0.474 e.